The van der Waals surface area contributed by atoms with E-state index >= 15 is 0 Å². The molecule has 0 atom stereocenters. The first-order valence-electron chi connectivity index (χ1n) is 8.63. The van der Waals surface area contributed by atoms with Crippen LogP contribution in [-0.4, -0.2) is 20.7 Å². The zero-order valence-corrected chi connectivity index (χ0v) is 18.4. The molecule has 0 N–H and O–H groups in total. The first kappa shape index (κ1) is 20.2. The van der Waals surface area contributed by atoms with Crippen LogP contribution in [0.15, 0.2) is 47.5 Å². The Labute approximate surface area is 173 Å². The molecule has 0 aliphatic heterocycles. The molecule has 1 heterocycles. The van der Waals surface area contributed by atoms with Crippen LogP contribution in [0.4, 0.5) is 0 Å². The Morgan fingerprint density at radius 1 is 1.07 bits per heavy atom. The summed E-state index contributed by atoms with van der Waals surface area (Å²) >= 11 is 9.04. The lowest BCUT2D eigenvalue weighted by molar-refractivity contribution is -0.156. The summed E-state index contributed by atoms with van der Waals surface area (Å²) in [6.45, 7) is 9.44. The second-order valence-corrected chi connectivity index (χ2v) is 10.7. The van der Waals surface area contributed by atoms with Crippen LogP contribution in [0.3, 0.4) is 0 Å². The monoisotopic (exact) mass is 419 g/mol. The number of rotatable bonds is 4. The number of ether oxygens (including phenoxy) is 1. The van der Waals surface area contributed by atoms with Crippen LogP contribution in [0.25, 0.3) is 21.2 Å². The van der Waals surface area contributed by atoms with Gasteiger partial charge in [-0.25, -0.2) is 0 Å². The van der Waals surface area contributed by atoms with E-state index in [0.29, 0.717) is 5.02 Å². The zero-order valence-electron chi connectivity index (χ0n) is 16.0. The van der Waals surface area contributed by atoms with Crippen molar-refractivity contribution in [3.63, 3.8) is 0 Å². The summed E-state index contributed by atoms with van der Waals surface area (Å²) in [5.41, 5.74) is 1.61. The molecular formula is C21H22ClNO2S2. The molecule has 1 aromatic heterocycles. The van der Waals surface area contributed by atoms with Crippen molar-refractivity contribution in [2.75, 3.05) is 0 Å². The fourth-order valence-corrected chi connectivity index (χ4v) is 4.75. The first-order chi connectivity index (χ1) is 12.6. The highest BCUT2D eigenvalue weighted by Gasteiger charge is 2.34. The molecule has 3 nitrogen and oxygen atoms in total. The van der Waals surface area contributed by atoms with Gasteiger partial charge in [0.05, 0.1) is 4.70 Å². The second-order valence-electron chi connectivity index (χ2n) is 7.80. The van der Waals surface area contributed by atoms with E-state index in [1.54, 1.807) is 0 Å². The number of halogens is 1. The van der Waals surface area contributed by atoms with Gasteiger partial charge in [-0.2, -0.15) is 4.37 Å². The zero-order chi connectivity index (χ0) is 19.8. The number of aromatic nitrogens is 1. The molecule has 0 unspecified atom stereocenters. The Morgan fingerprint density at radius 3 is 2.37 bits per heavy atom. The molecule has 0 aliphatic carbocycles. The quantitative estimate of drug-likeness (QED) is 0.343. The van der Waals surface area contributed by atoms with Gasteiger partial charge in [-0.1, -0.05) is 29.8 Å². The van der Waals surface area contributed by atoms with Gasteiger partial charge in [0, 0.05) is 27.1 Å². The number of thioether (sulfide) groups is 1. The molecule has 0 radical (unpaired) electrons. The number of fused-ring (bicyclic) bond motifs is 1. The normalized spacial score (nSPS) is 12.4. The van der Waals surface area contributed by atoms with Crippen LogP contribution < -0.4 is 0 Å². The summed E-state index contributed by atoms with van der Waals surface area (Å²) in [6, 6.07) is 11.9. The number of esters is 1. The number of benzene rings is 2. The molecule has 3 aromatic rings. The summed E-state index contributed by atoms with van der Waals surface area (Å²) in [5.74, 6) is -0.230. The standard InChI is InChI=1S/C21H22ClNO2S2/c1-20(2,3)25-19(24)21(4,5)26-16-11-8-14-12-23-27-18(14)17(16)13-6-9-15(22)10-7-13/h6-12H,1-5H3. The van der Waals surface area contributed by atoms with Crippen LogP contribution in [0.5, 0.6) is 0 Å². The molecule has 0 spiro atoms. The van der Waals surface area contributed by atoms with E-state index in [0.717, 1.165) is 26.1 Å². The minimum atomic E-state index is -0.729. The Morgan fingerprint density at radius 2 is 1.74 bits per heavy atom. The molecule has 27 heavy (non-hydrogen) atoms. The van der Waals surface area contributed by atoms with E-state index < -0.39 is 10.3 Å². The third-order valence-electron chi connectivity index (χ3n) is 3.87. The van der Waals surface area contributed by atoms with Crippen molar-refractivity contribution in [3.05, 3.63) is 47.6 Å². The molecule has 0 bridgehead atoms. The molecule has 0 saturated carbocycles. The summed E-state index contributed by atoms with van der Waals surface area (Å²) in [7, 11) is 0. The fourth-order valence-electron chi connectivity index (χ4n) is 2.61. The third-order valence-corrected chi connectivity index (χ3v) is 6.20. The molecule has 3 rings (SSSR count). The van der Waals surface area contributed by atoms with E-state index in [-0.39, 0.29) is 5.97 Å². The molecule has 2 aromatic carbocycles. The predicted octanol–water partition coefficient (Wildman–Crippen LogP) is 6.83. The van der Waals surface area contributed by atoms with Gasteiger partial charge in [-0.15, -0.1) is 11.8 Å². The number of nitrogens with zero attached hydrogens (tertiary/aromatic N) is 1. The van der Waals surface area contributed by atoms with Crippen molar-refractivity contribution in [2.45, 2.75) is 49.9 Å². The van der Waals surface area contributed by atoms with Gasteiger partial charge >= 0.3 is 5.97 Å². The van der Waals surface area contributed by atoms with Gasteiger partial charge in [0.15, 0.2) is 0 Å². The largest absolute Gasteiger partial charge is 0.459 e. The van der Waals surface area contributed by atoms with Crippen molar-refractivity contribution in [2.24, 2.45) is 0 Å². The SMILES string of the molecule is CC(C)(C)OC(=O)C(C)(C)Sc1ccc2cnsc2c1-c1ccc(Cl)cc1. The van der Waals surface area contributed by atoms with Gasteiger partial charge in [-0.3, -0.25) is 4.79 Å². The summed E-state index contributed by atoms with van der Waals surface area (Å²) in [6.07, 6.45) is 1.87. The van der Waals surface area contributed by atoms with Crippen molar-refractivity contribution >= 4 is 51.0 Å². The van der Waals surface area contributed by atoms with Crippen LogP contribution in [-0.2, 0) is 9.53 Å². The highest BCUT2D eigenvalue weighted by atomic mass is 35.5. The molecular weight excluding hydrogens is 398 g/mol. The molecule has 0 saturated heterocycles. The molecule has 0 aliphatic rings. The van der Waals surface area contributed by atoms with E-state index in [4.69, 9.17) is 16.3 Å². The summed E-state index contributed by atoms with van der Waals surface area (Å²) in [5, 5.41) is 1.78. The highest BCUT2D eigenvalue weighted by Crippen LogP contribution is 2.44. The Balaban J connectivity index is 2.05. The van der Waals surface area contributed by atoms with Crippen molar-refractivity contribution in [1.82, 2.24) is 4.37 Å². The average Bonchev–Trinajstić information content (AvgIpc) is 3.02. The number of carbonyl (C=O) groups excluding carboxylic acids is 1. The highest BCUT2D eigenvalue weighted by molar-refractivity contribution is 8.01. The lowest BCUT2D eigenvalue weighted by Crippen LogP contribution is -2.36. The number of hydrogen-bond donors (Lipinski definition) is 0. The second kappa shape index (κ2) is 7.46. The topological polar surface area (TPSA) is 39.2 Å². The molecule has 0 fully saturated rings. The Kier molecular flexibility index (Phi) is 5.57. The van der Waals surface area contributed by atoms with Crippen molar-refractivity contribution < 1.29 is 9.53 Å². The average molecular weight is 420 g/mol. The van der Waals surface area contributed by atoms with Crippen molar-refractivity contribution in [1.29, 1.82) is 0 Å². The van der Waals surface area contributed by atoms with Gasteiger partial charge in [0.1, 0.15) is 10.3 Å². The van der Waals surface area contributed by atoms with Crippen molar-refractivity contribution in [3.8, 4) is 11.1 Å². The molecule has 0 amide bonds. The van der Waals surface area contributed by atoms with Crippen LogP contribution in [0.2, 0.25) is 5.02 Å². The maximum atomic E-state index is 12.7. The minimum absolute atomic E-state index is 0.230. The minimum Gasteiger partial charge on any atom is -0.459 e. The van der Waals surface area contributed by atoms with E-state index in [1.165, 1.54) is 23.3 Å². The predicted molar refractivity (Wildman–Crippen MR) is 116 cm³/mol. The van der Waals surface area contributed by atoms with Gasteiger partial charge in [0.25, 0.3) is 0 Å². The lowest BCUT2D eigenvalue weighted by atomic mass is 10.0. The maximum absolute atomic E-state index is 12.7. The van der Waals surface area contributed by atoms with E-state index in [1.807, 2.05) is 71.1 Å². The number of hydrogen-bond acceptors (Lipinski definition) is 5. The summed E-state index contributed by atoms with van der Waals surface area (Å²) < 4.78 is 10.3. The van der Waals surface area contributed by atoms with Gasteiger partial charge in [0.2, 0.25) is 0 Å². The van der Waals surface area contributed by atoms with Crippen LogP contribution in [0.1, 0.15) is 34.6 Å². The van der Waals surface area contributed by atoms with Gasteiger partial charge in [-0.05, 0) is 69.9 Å². The maximum Gasteiger partial charge on any atom is 0.322 e. The van der Waals surface area contributed by atoms with E-state index in [9.17, 15) is 4.79 Å². The third kappa shape index (κ3) is 4.65. The first-order valence-corrected chi connectivity index (χ1v) is 10.6. The molecule has 142 valence electrons. The van der Waals surface area contributed by atoms with Gasteiger partial charge < -0.3 is 4.74 Å². The van der Waals surface area contributed by atoms with Crippen LogP contribution in [0, 0.1) is 0 Å². The Hall–Kier alpha value is -1.56. The smallest absolute Gasteiger partial charge is 0.322 e. The van der Waals surface area contributed by atoms with Crippen LogP contribution >= 0.6 is 34.9 Å². The fraction of sp³-hybridized carbons (Fsp3) is 0.333. The van der Waals surface area contributed by atoms with E-state index in [2.05, 4.69) is 10.4 Å². The number of carbonyl (C=O) groups is 1. The Bertz CT molecular complexity index is 972. The molecule has 6 heteroatoms. The lowest BCUT2D eigenvalue weighted by Gasteiger charge is -2.28. The summed E-state index contributed by atoms with van der Waals surface area (Å²) in [4.78, 5) is 13.7.